The zero-order valence-corrected chi connectivity index (χ0v) is 25.0. The van der Waals surface area contributed by atoms with Crippen molar-refractivity contribution in [3.8, 4) is 39.6 Å². The van der Waals surface area contributed by atoms with E-state index in [1.54, 1.807) is 0 Å². The van der Waals surface area contributed by atoms with Gasteiger partial charge in [0.05, 0.1) is 33.1 Å². The van der Waals surface area contributed by atoms with Gasteiger partial charge >= 0.3 is 0 Å². The van der Waals surface area contributed by atoms with Crippen LogP contribution in [0.4, 0.5) is 0 Å². The van der Waals surface area contributed by atoms with Crippen molar-refractivity contribution in [2.24, 2.45) is 14.1 Å². The Morgan fingerprint density at radius 3 is 1.82 bits per heavy atom. The summed E-state index contributed by atoms with van der Waals surface area (Å²) < 4.78 is 6.76. The minimum absolute atomic E-state index is 0.947. The molecular weight excluding hydrogens is 550 g/mol. The fourth-order valence-electron chi connectivity index (χ4n) is 6.83. The monoisotopic (exact) mass is 579 g/mol. The van der Waals surface area contributed by atoms with Crippen molar-refractivity contribution < 1.29 is 0 Å². The minimum atomic E-state index is 0.947. The molecule has 3 heterocycles. The highest BCUT2D eigenvalue weighted by Crippen LogP contribution is 2.36. The summed E-state index contributed by atoms with van der Waals surface area (Å²) in [6.45, 7) is 0. The van der Waals surface area contributed by atoms with Gasteiger partial charge in [-0.1, -0.05) is 91.0 Å². The van der Waals surface area contributed by atoms with Gasteiger partial charge < -0.3 is 13.7 Å². The van der Waals surface area contributed by atoms with E-state index in [-0.39, 0.29) is 0 Å². The maximum atomic E-state index is 5.11. The maximum absolute atomic E-state index is 5.11. The average molecular weight is 580 g/mol. The van der Waals surface area contributed by atoms with Crippen molar-refractivity contribution in [2.75, 3.05) is 0 Å². The summed E-state index contributed by atoms with van der Waals surface area (Å²) >= 11 is 0. The van der Waals surface area contributed by atoms with Crippen LogP contribution in [0.5, 0.6) is 0 Å². The Labute approximate surface area is 260 Å². The Bertz CT molecular complexity index is 2560. The third-order valence-electron chi connectivity index (χ3n) is 9.07. The highest BCUT2D eigenvalue weighted by Gasteiger charge is 2.17. The molecule has 0 unspecified atom stereocenters. The van der Waals surface area contributed by atoms with E-state index in [1.807, 2.05) is 6.07 Å². The molecule has 5 nitrogen and oxygen atoms in total. The molecule has 9 aromatic rings. The zero-order chi connectivity index (χ0) is 30.1. The summed E-state index contributed by atoms with van der Waals surface area (Å²) in [7, 11) is 4.20. The number of hydrogen-bond acceptors (Lipinski definition) is 2. The highest BCUT2D eigenvalue weighted by molar-refractivity contribution is 6.10. The van der Waals surface area contributed by atoms with Gasteiger partial charge in [-0.05, 0) is 59.7 Å². The first-order valence-corrected chi connectivity index (χ1v) is 15.2. The molecule has 0 spiro atoms. The Hall–Kier alpha value is -5.94. The van der Waals surface area contributed by atoms with E-state index >= 15 is 0 Å². The lowest BCUT2D eigenvalue weighted by Crippen LogP contribution is -1.97. The van der Waals surface area contributed by atoms with Crippen molar-refractivity contribution in [1.82, 2.24) is 23.7 Å². The average Bonchev–Trinajstić information content (AvgIpc) is 3.73. The van der Waals surface area contributed by atoms with Crippen LogP contribution in [0.15, 0.2) is 140 Å². The summed E-state index contributed by atoms with van der Waals surface area (Å²) in [4.78, 5) is 10.1. The molecule has 0 N–H and O–H groups in total. The lowest BCUT2D eigenvalue weighted by Gasteiger charge is -2.11. The van der Waals surface area contributed by atoms with Crippen LogP contribution in [-0.2, 0) is 14.1 Å². The van der Waals surface area contributed by atoms with Crippen LogP contribution >= 0.6 is 0 Å². The molecule has 45 heavy (non-hydrogen) atoms. The standard InChI is InChI=1S/C40H29N5/c1-43-36-18-9-7-16-33(36)41-39(43)28-13-10-14-30(23-28)45-35-17-8-6-15-31(35)32-21-19-29(25-37(32)45)40-42-34-22-20-27(24-38(34)44(40)2)26-11-4-3-5-12-26/h3-25H,1-2H3. The first-order chi connectivity index (χ1) is 22.1. The van der Waals surface area contributed by atoms with E-state index in [1.165, 1.54) is 27.4 Å². The molecule has 0 bridgehead atoms. The molecule has 0 aliphatic heterocycles. The second-order valence-corrected chi connectivity index (χ2v) is 11.7. The second-order valence-electron chi connectivity index (χ2n) is 11.7. The number of imidazole rings is 2. The molecule has 0 aliphatic rings. The lowest BCUT2D eigenvalue weighted by molar-refractivity contribution is 0.958. The Morgan fingerprint density at radius 1 is 0.400 bits per heavy atom. The molecule has 0 aliphatic carbocycles. The smallest absolute Gasteiger partial charge is 0.140 e. The van der Waals surface area contributed by atoms with Crippen molar-refractivity contribution >= 4 is 43.9 Å². The summed E-state index contributed by atoms with van der Waals surface area (Å²) in [5.74, 6) is 1.90. The molecule has 3 aromatic heterocycles. The number of hydrogen-bond donors (Lipinski definition) is 0. The lowest BCUT2D eigenvalue weighted by atomic mass is 10.1. The Balaban J connectivity index is 1.22. The van der Waals surface area contributed by atoms with E-state index < -0.39 is 0 Å². The molecule has 214 valence electrons. The van der Waals surface area contributed by atoms with Crippen molar-refractivity contribution in [3.05, 3.63) is 140 Å². The van der Waals surface area contributed by atoms with Gasteiger partial charge in [0.25, 0.3) is 0 Å². The highest BCUT2D eigenvalue weighted by atomic mass is 15.1. The van der Waals surface area contributed by atoms with Crippen molar-refractivity contribution in [2.45, 2.75) is 0 Å². The quantitative estimate of drug-likeness (QED) is 0.208. The van der Waals surface area contributed by atoms with Crippen LogP contribution in [0.1, 0.15) is 0 Å². The molecule has 0 amide bonds. The van der Waals surface area contributed by atoms with Gasteiger partial charge in [0.15, 0.2) is 0 Å². The molecule has 0 atom stereocenters. The minimum Gasteiger partial charge on any atom is -0.327 e. The van der Waals surface area contributed by atoms with Gasteiger partial charge in [-0.15, -0.1) is 0 Å². The molecule has 0 saturated heterocycles. The normalized spacial score (nSPS) is 11.8. The van der Waals surface area contributed by atoms with E-state index in [2.05, 4.69) is 161 Å². The molecule has 6 aromatic carbocycles. The van der Waals surface area contributed by atoms with Gasteiger partial charge in [0, 0.05) is 41.7 Å². The Morgan fingerprint density at radius 2 is 1.00 bits per heavy atom. The van der Waals surface area contributed by atoms with Crippen LogP contribution in [0.3, 0.4) is 0 Å². The molecule has 0 radical (unpaired) electrons. The Kier molecular flexibility index (Phi) is 5.56. The second kappa shape index (κ2) is 9.79. The van der Waals surface area contributed by atoms with Crippen LogP contribution < -0.4 is 0 Å². The predicted molar refractivity (Wildman–Crippen MR) is 186 cm³/mol. The predicted octanol–water partition coefficient (Wildman–Crippen LogP) is 9.56. The summed E-state index contributed by atoms with van der Waals surface area (Å²) in [5, 5.41) is 2.44. The summed E-state index contributed by atoms with van der Waals surface area (Å²) in [6, 6.07) is 49.4. The number of nitrogens with zero attached hydrogens (tertiary/aromatic N) is 5. The van der Waals surface area contributed by atoms with E-state index in [0.717, 1.165) is 56.0 Å². The molecule has 0 fully saturated rings. The first-order valence-electron chi connectivity index (χ1n) is 15.2. The number of benzene rings is 6. The molecule has 9 rings (SSSR count). The largest absolute Gasteiger partial charge is 0.327 e. The molecule has 0 saturated carbocycles. The number of aromatic nitrogens is 5. The zero-order valence-electron chi connectivity index (χ0n) is 25.0. The van der Waals surface area contributed by atoms with Gasteiger partial charge in [-0.3, -0.25) is 0 Å². The number of fused-ring (bicyclic) bond motifs is 5. The van der Waals surface area contributed by atoms with Crippen LogP contribution in [-0.4, -0.2) is 23.7 Å². The molecule has 5 heteroatoms. The van der Waals surface area contributed by atoms with E-state index in [9.17, 15) is 0 Å². The van der Waals surface area contributed by atoms with Crippen molar-refractivity contribution in [1.29, 1.82) is 0 Å². The first kappa shape index (κ1) is 25.5. The third-order valence-corrected chi connectivity index (χ3v) is 9.07. The SMILES string of the molecule is Cn1c(-c2cccc(-n3c4ccccc4c4ccc(-c5nc6ccc(-c7ccccc7)cc6n5C)cc43)c2)nc2ccccc21. The maximum Gasteiger partial charge on any atom is 0.140 e. The topological polar surface area (TPSA) is 40.6 Å². The van der Waals surface area contributed by atoms with Crippen LogP contribution in [0, 0.1) is 0 Å². The molecular formula is C40H29N5. The number of aryl methyl sites for hydroxylation is 2. The van der Waals surface area contributed by atoms with E-state index in [4.69, 9.17) is 9.97 Å². The fourth-order valence-corrected chi connectivity index (χ4v) is 6.83. The van der Waals surface area contributed by atoms with Gasteiger partial charge in [0.1, 0.15) is 11.6 Å². The van der Waals surface area contributed by atoms with Gasteiger partial charge in [0.2, 0.25) is 0 Å². The fraction of sp³-hybridized carbons (Fsp3) is 0.0500. The van der Waals surface area contributed by atoms with Crippen molar-refractivity contribution in [3.63, 3.8) is 0 Å². The van der Waals surface area contributed by atoms with Crippen LogP contribution in [0.25, 0.3) is 83.5 Å². The summed E-state index contributed by atoms with van der Waals surface area (Å²) in [6.07, 6.45) is 0. The summed E-state index contributed by atoms with van der Waals surface area (Å²) in [5.41, 5.74) is 12.2. The third kappa shape index (κ3) is 3.94. The van der Waals surface area contributed by atoms with Crippen LogP contribution in [0.2, 0.25) is 0 Å². The van der Waals surface area contributed by atoms with Gasteiger partial charge in [-0.2, -0.15) is 0 Å². The van der Waals surface area contributed by atoms with E-state index in [0.29, 0.717) is 0 Å². The number of rotatable bonds is 4. The van der Waals surface area contributed by atoms with Gasteiger partial charge in [-0.25, -0.2) is 9.97 Å². The number of para-hydroxylation sites is 3.